The topological polar surface area (TPSA) is 9.23 Å². The van der Waals surface area contributed by atoms with Gasteiger partial charge in [0, 0.05) is 6.10 Å². The Morgan fingerprint density at radius 1 is 1.00 bits per heavy atom. The highest BCUT2D eigenvalue weighted by Gasteiger charge is 2.23. The summed E-state index contributed by atoms with van der Waals surface area (Å²) in [5.41, 5.74) is 0. The highest BCUT2D eigenvalue weighted by atomic mass is 28.4. The molecule has 86 valence electrons. The standard InChI is InChI=1S/C12H28OSi/c1-6-9-11-12(10-7-2)13-14(4,5)8-3/h12H,6-11H2,1-5H3. The summed E-state index contributed by atoms with van der Waals surface area (Å²) < 4.78 is 6.27. The Kier molecular flexibility index (Phi) is 7.56. The summed E-state index contributed by atoms with van der Waals surface area (Å²) in [5, 5.41) is 0. The normalized spacial score (nSPS) is 14.4. The molecule has 0 heterocycles. The van der Waals surface area contributed by atoms with Crippen LogP contribution in [0.5, 0.6) is 0 Å². The summed E-state index contributed by atoms with van der Waals surface area (Å²) in [5.74, 6) is 0. The second kappa shape index (κ2) is 7.47. The van der Waals surface area contributed by atoms with Crippen LogP contribution in [0.25, 0.3) is 0 Å². The highest BCUT2D eigenvalue weighted by molar-refractivity contribution is 6.71. The van der Waals surface area contributed by atoms with Gasteiger partial charge in [-0.25, -0.2) is 0 Å². The van der Waals surface area contributed by atoms with Gasteiger partial charge in [0.15, 0.2) is 8.32 Å². The van der Waals surface area contributed by atoms with Crippen LogP contribution in [0.15, 0.2) is 0 Å². The van der Waals surface area contributed by atoms with Crippen molar-refractivity contribution >= 4 is 8.32 Å². The van der Waals surface area contributed by atoms with Crippen molar-refractivity contribution in [3.05, 3.63) is 0 Å². The van der Waals surface area contributed by atoms with Gasteiger partial charge in [-0.15, -0.1) is 0 Å². The maximum Gasteiger partial charge on any atom is 0.186 e. The van der Waals surface area contributed by atoms with Crippen molar-refractivity contribution in [2.75, 3.05) is 0 Å². The molecule has 0 saturated heterocycles. The van der Waals surface area contributed by atoms with E-state index in [-0.39, 0.29) is 0 Å². The molecule has 0 spiro atoms. The van der Waals surface area contributed by atoms with Gasteiger partial charge in [-0.05, 0) is 32.0 Å². The molecule has 1 nitrogen and oxygen atoms in total. The monoisotopic (exact) mass is 216 g/mol. The average molecular weight is 216 g/mol. The molecule has 0 aliphatic rings. The van der Waals surface area contributed by atoms with Crippen LogP contribution in [-0.2, 0) is 4.43 Å². The summed E-state index contributed by atoms with van der Waals surface area (Å²) in [6.45, 7) is 11.4. The Balaban J connectivity index is 3.94. The number of unbranched alkanes of at least 4 members (excludes halogenated alkanes) is 1. The predicted octanol–water partition coefficient (Wildman–Crippen LogP) is 4.59. The molecule has 1 atom stereocenters. The minimum Gasteiger partial charge on any atom is -0.414 e. The molecule has 14 heavy (non-hydrogen) atoms. The molecule has 0 bridgehead atoms. The maximum atomic E-state index is 6.27. The zero-order valence-corrected chi connectivity index (χ0v) is 11.7. The van der Waals surface area contributed by atoms with E-state index in [0.29, 0.717) is 6.10 Å². The van der Waals surface area contributed by atoms with Gasteiger partial charge < -0.3 is 4.43 Å². The van der Waals surface area contributed by atoms with Crippen LogP contribution in [0.4, 0.5) is 0 Å². The molecule has 0 aliphatic heterocycles. The lowest BCUT2D eigenvalue weighted by atomic mass is 10.1. The smallest absolute Gasteiger partial charge is 0.186 e. The van der Waals surface area contributed by atoms with Gasteiger partial charge in [-0.1, -0.05) is 40.0 Å². The van der Waals surface area contributed by atoms with E-state index in [0.717, 1.165) is 0 Å². The van der Waals surface area contributed by atoms with E-state index in [2.05, 4.69) is 33.9 Å². The third-order valence-electron chi connectivity index (χ3n) is 2.83. The van der Waals surface area contributed by atoms with Crippen molar-refractivity contribution in [3.8, 4) is 0 Å². The van der Waals surface area contributed by atoms with Crippen LogP contribution in [0, 0.1) is 0 Å². The Labute approximate surface area is 91.4 Å². The summed E-state index contributed by atoms with van der Waals surface area (Å²) in [7, 11) is -1.33. The molecule has 0 amide bonds. The zero-order valence-electron chi connectivity index (χ0n) is 10.7. The first-order valence-corrected chi connectivity index (χ1v) is 9.35. The van der Waals surface area contributed by atoms with Crippen LogP contribution in [0.1, 0.15) is 52.9 Å². The first kappa shape index (κ1) is 14.2. The Morgan fingerprint density at radius 2 is 1.64 bits per heavy atom. The molecule has 0 aromatic heterocycles. The van der Waals surface area contributed by atoms with Crippen molar-refractivity contribution in [2.24, 2.45) is 0 Å². The Hall–Kier alpha value is 0.177. The quantitative estimate of drug-likeness (QED) is 0.539. The van der Waals surface area contributed by atoms with Crippen molar-refractivity contribution in [1.29, 1.82) is 0 Å². The first-order chi connectivity index (χ1) is 6.55. The minimum absolute atomic E-state index is 0.543. The Morgan fingerprint density at radius 3 is 2.07 bits per heavy atom. The van der Waals surface area contributed by atoms with Crippen LogP contribution in [0.3, 0.4) is 0 Å². The first-order valence-electron chi connectivity index (χ1n) is 6.23. The van der Waals surface area contributed by atoms with Crippen molar-refractivity contribution in [1.82, 2.24) is 0 Å². The van der Waals surface area contributed by atoms with E-state index < -0.39 is 8.32 Å². The highest BCUT2D eigenvalue weighted by Crippen LogP contribution is 2.19. The molecule has 0 fully saturated rings. The minimum atomic E-state index is -1.33. The van der Waals surface area contributed by atoms with Gasteiger partial charge >= 0.3 is 0 Å². The molecule has 0 radical (unpaired) electrons. The molecule has 0 rings (SSSR count). The van der Waals surface area contributed by atoms with Gasteiger partial charge in [0.05, 0.1) is 0 Å². The molecule has 0 saturated carbocycles. The van der Waals surface area contributed by atoms with E-state index in [1.54, 1.807) is 0 Å². The molecular weight excluding hydrogens is 188 g/mol. The fourth-order valence-electron chi connectivity index (χ4n) is 1.55. The van der Waals surface area contributed by atoms with Gasteiger partial charge in [0.2, 0.25) is 0 Å². The van der Waals surface area contributed by atoms with E-state index in [9.17, 15) is 0 Å². The van der Waals surface area contributed by atoms with E-state index in [4.69, 9.17) is 4.43 Å². The van der Waals surface area contributed by atoms with E-state index in [1.165, 1.54) is 38.1 Å². The summed E-state index contributed by atoms with van der Waals surface area (Å²) >= 11 is 0. The molecule has 0 N–H and O–H groups in total. The van der Waals surface area contributed by atoms with Crippen LogP contribution in [0.2, 0.25) is 19.1 Å². The largest absolute Gasteiger partial charge is 0.414 e. The van der Waals surface area contributed by atoms with Crippen molar-refractivity contribution < 1.29 is 4.43 Å². The number of rotatable bonds is 8. The SMILES string of the molecule is CCCCC(CCC)O[Si](C)(C)CC. The Bertz CT molecular complexity index is 134. The van der Waals surface area contributed by atoms with E-state index >= 15 is 0 Å². The molecule has 1 unspecified atom stereocenters. The lowest BCUT2D eigenvalue weighted by Gasteiger charge is -2.28. The third kappa shape index (κ3) is 6.60. The number of hydrogen-bond acceptors (Lipinski definition) is 1. The fraction of sp³-hybridized carbons (Fsp3) is 1.00. The van der Waals surface area contributed by atoms with Crippen LogP contribution < -0.4 is 0 Å². The fourth-order valence-corrected chi connectivity index (χ4v) is 2.86. The summed E-state index contributed by atoms with van der Waals surface area (Å²) in [4.78, 5) is 0. The molecule has 0 aliphatic carbocycles. The second-order valence-electron chi connectivity index (χ2n) is 4.78. The van der Waals surface area contributed by atoms with Gasteiger partial charge in [-0.2, -0.15) is 0 Å². The maximum absolute atomic E-state index is 6.27. The van der Waals surface area contributed by atoms with E-state index in [1.807, 2.05) is 0 Å². The summed E-state index contributed by atoms with van der Waals surface area (Å²) in [6, 6.07) is 1.24. The van der Waals surface area contributed by atoms with Crippen molar-refractivity contribution in [2.45, 2.75) is 78.1 Å². The molecule has 2 heteroatoms. The predicted molar refractivity (Wildman–Crippen MR) is 67.3 cm³/mol. The van der Waals surface area contributed by atoms with Crippen LogP contribution in [-0.4, -0.2) is 14.4 Å². The van der Waals surface area contributed by atoms with Crippen LogP contribution >= 0.6 is 0 Å². The number of hydrogen-bond donors (Lipinski definition) is 0. The van der Waals surface area contributed by atoms with Gasteiger partial charge in [0.1, 0.15) is 0 Å². The van der Waals surface area contributed by atoms with Crippen molar-refractivity contribution in [3.63, 3.8) is 0 Å². The lowest BCUT2D eigenvalue weighted by Crippen LogP contribution is -2.34. The summed E-state index contributed by atoms with van der Waals surface area (Å²) in [6.07, 6.45) is 6.91. The molecular formula is C12H28OSi. The lowest BCUT2D eigenvalue weighted by molar-refractivity contribution is 0.167. The second-order valence-corrected chi connectivity index (χ2v) is 9.25. The third-order valence-corrected chi connectivity index (χ3v) is 5.50. The molecule has 0 aromatic rings. The van der Waals surface area contributed by atoms with Gasteiger partial charge in [0.25, 0.3) is 0 Å². The zero-order chi connectivity index (χ0) is 11.0. The molecule has 0 aromatic carbocycles. The average Bonchev–Trinajstić information content (AvgIpc) is 2.14. The van der Waals surface area contributed by atoms with Gasteiger partial charge in [-0.3, -0.25) is 0 Å².